The second kappa shape index (κ2) is 10.3. The number of hydrogen-bond donors (Lipinski definition) is 2. The summed E-state index contributed by atoms with van der Waals surface area (Å²) in [5, 5.41) is 2.80. The van der Waals surface area contributed by atoms with Crippen LogP contribution >= 0.6 is 0 Å². The van der Waals surface area contributed by atoms with Gasteiger partial charge in [-0.05, 0) is 56.6 Å². The largest absolute Gasteiger partial charge is 0.493 e. The lowest BCUT2D eigenvalue weighted by Crippen LogP contribution is -2.41. The Bertz CT molecular complexity index is 1270. The van der Waals surface area contributed by atoms with Gasteiger partial charge in [-0.2, -0.15) is 4.31 Å². The number of sulfonamides is 2. The summed E-state index contributed by atoms with van der Waals surface area (Å²) in [7, 11) is -3.19. The molecule has 0 spiro atoms. The van der Waals surface area contributed by atoms with Gasteiger partial charge in [0.25, 0.3) is 0 Å². The lowest BCUT2D eigenvalue weighted by molar-refractivity contribution is -0.120. The Kier molecular flexibility index (Phi) is 7.86. The standard InChI is InChI=1S/C22H29N3O7S2/c1-15-5-6-17(33(27,28)23-2)13-19(15)24-22(26)16-9-11-25(12-10-16)34(29,30)18-7-8-20(31-3)21(14-18)32-4/h5-8,13-14,16,23H,9-12H2,1-4H3,(H,24,26). The summed E-state index contributed by atoms with van der Waals surface area (Å²) >= 11 is 0. The normalized spacial score (nSPS) is 15.6. The fourth-order valence-corrected chi connectivity index (χ4v) is 5.98. The van der Waals surface area contributed by atoms with Crippen molar-refractivity contribution in [3.63, 3.8) is 0 Å². The zero-order valence-electron chi connectivity index (χ0n) is 19.5. The topological polar surface area (TPSA) is 131 Å². The van der Waals surface area contributed by atoms with Gasteiger partial charge in [-0.15, -0.1) is 0 Å². The van der Waals surface area contributed by atoms with Crippen LogP contribution in [0.3, 0.4) is 0 Å². The molecule has 0 radical (unpaired) electrons. The fraction of sp³-hybridized carbons (Fsp3) is 0.409. The molecule has 12 heteroatoms. The molecule has 0 atom stereocenters. The SMILES string of the molecule is CNS(=O)(=O)c1ccc(C)c(NC(=O)C2CCN(S(=O)(=O)c3ccc(OC)c(OC)c3)CC2)c1. The van der Waals surface area contributed by atoms with Gasteiger partial charge >= 0.3 is 0 Å². The second-order valence-corrected chi connectivity index (χ2v) is 11.7. The van der Waals surface area contributed by atoms with Crippen LogP contribution in [0.1, 0.15) is 18.4 Å². The molecule has 0 aliphatic carbocycles. The molecule has 1 amide bonds. The number of anilines is 1. The van der Waals surface area contributed by atoms with E-state index in [2.05, 4.69) is 10.0 Å². The van der Waals surface area contributed by atoms with Gasteiger partial charge in [-0.3, -0.25) is 4.79 Å². The van der Waals surface area contributed by atoms with Crippen LogP contribution in [0.25, 0.3) is 0 Å². The molecular weight excluding hydrogens is 482 g/mol. The minimum atomic E-state index is -3.77. The third-order valence-electron chi connectivity index (χ3n) is 5.86. The molecule has 3 rings (SSSR count). The Hall–Kier alpha value is -2.67. The van der Waals surface area contributed by atoms with Crippen LogP contribution in [0.5, 0.6) is 11.5 Å². The van der Waals surface area contributed by atoms with Crippen molar-refractivity contribution in [2.45, 2.75) is 29.6 Å². The first-order valence-corrected chi connectivity index (χ1v) is 13.5. The summed E-state index contributed by atoms with van der Waals surface area (Å²) in [4.78, 5) is 13.0. The third kappa shape index (κ3) is 5.35. The molecule has 10 nitrogen and oxygen atoms in total. The number of nitrogens with zero attached hydrogens (tertiary/aromatic N) is 1. The number of hydrogen-bond acceptors (Lipinski definition) is 7. The Morgan fingerprint density at radius 3 is 2.15 bits per heavy atom. The lowest BCUT2D eigenvalue weighted by Gasteiger charge is -2.30. The van der Waals surface area contributed by atoms with Crippen molar-refractivity contribution in [2.75, 3.05) is 39.7 Å². The monoisotopic (exact) mass is 511 g/mol. The molecule has 2 N–H and O–H groups in total. The van der Waals surface area contributed by atoms with Crippen molar-refractivity contribution in [2.24, 2.45) is 5.92 Å². The van der Waals surface area contributed by atoms with Crippen LogP contribution in [0, 0.1) is 12.8 Å². The third-order valence-corrected chi connectivity index (χ3v) is 9.17. The van der Waals surface area contributed by atoms with Crippen molar-refractivity contribution in [1.82, 2.24) is 9.03 Å². The molecule has 1 aliphatic heterocycles. The van der Waals surface area contributed by atoms with Gasteiger partial charge in [0.15, 0.2) is 11.5 Å². The van der Waals surface area contributed by atoms with Crippen molar-refractivity contribution in [3.05, 3.63) is 42.0 Å². The van der Waals surface area contributed by atoms with E-state index in [9.17, 15) is 21.6 Å². The molecule has 186 valence electrons. The summed E-state index contributed by atoms with van der Waals surface area (Å²) in [6.07, 6.45) is 0.678. The van der Waals surface area contributed by atoms with E-state index >= 15 is 0 Å². The average molecular weight is 512 g/mol. The number of piperidine rings is 1. The minimum Gasteiger partial charge on any atom is -0.493 e. The number of nitrogens with one attached hydrogen (secondary N) is 2. The molecule has 0 saturated carbocycles. The zero-order valence-corrected chi connectivity index (χ0v) is 21.1. The van der Waals surface area contributed by atoms with E-state index in [4.69, 9.17) is 9.47 Å². The van der Waals surface area contributed by atoms with Gasteiger partial charge in [-0.1, -0.05) is 6.07 Å². The maximum absolute atomic E-state index is 13.1. The first-order valence-electron chi connectivity index (χ1n) is 10.6. The summed E-state index contributed by atoms with van der Waals surface area (Å²) in [6.45, 7) is 2.13. The van der Waals surface area contributed by atoms with Crippen LogP contribution in [0.4, 0.5) is 5.69 Å². The van der Waals surface area contributed by atoms with Crippen molar-refractivity contribution in [3.8, 4) is 11.5 Å². The van der Waals surface area contributed by atoms with E-state index < -0.39 is 26.0 Å². The first kappa shape index (κ1) is 25.9. The van der Waals surface area contributed by atoms with Gasteiger partial charge in [0.2, 0.25) is 26.0 Å². The Morgan fingerprint density at radius 1 is 0.941 bits per heavy atom. The second-order valence-electron chi connectivity index (χ2n) is 7.87. The van der Waals surface area contributed by atoms with E-state index in [1.54, 1.807) is 13.0 Å². The van der Waals surface area contributed by atoms with Crippen LogP contribution < -0.4 is 19.5 Å². The van der Waals surface area contributed by atoms with Gasteiger partial charge in [0, 0.05) is 30.8 Å². The number of carbonyl (C=O) groups excluding carboxylic acids is 1. The van der Waals surface area contributed by atoms with Crippen LogP contribution in [0.15, 0.2) is 46.2 Å². The molecule has 0 bridgehead atoms. The van der Waals surface area contributed by atoms with Gasteiger partial charge in [-0.25, -0.2) is 21.6 Å². The minimum absolute atomic E-state index is 0.0479. The highest BCUT2D eigenvalue weighted by Crippen LogP contribution is 2.32. The fourth-order valence-electron chi connectivity index (χ4n) is 3.74. The molecule has 0 aromatic heterocycles. The van der Waals surface area contributed by atoms with Crippen LogP contribution in [0.2, 0.25) is 0 Å². The zero-order chi connectivity index (χ0) is 25.1. The molecule has 1 saturated heterocycles. The average Bonchev–Trinajstić information content (AvgIpc) is 2.84. The van der Waals surface area contributed by atoms with Crippen LogP contribution in [-0.2, 0) is 24.8 Å². The highest BCUT2D eigenvalue weighted by molar-refractivity contribution is 7.89. The summed E-state index contributed by atoms with van der Waals surface area (Å²) in [6, 6.07) is 8.92. The molecule has 2 aromatic rings. The molecule has 1 aliphatic rings. The van der Waals surface area contributed by atoms with Crippen molar-refractivity contribution < 1.29 is 31.1 Å². The maximum Gasteiger partial charge on any atom is 0.243 e. The smallest absolute Gasteiger partial charge is 0.243 e. The lowest BCUT2D eigenvalue weighted by atomic mass is 9.97. The van der Waals surface area contributed by atoms with Crippen molar-refractivity contribution in [1.29, 1.82) is 0 Å². The molecular formula is C22H29N3O7S2. The number of ether oxygens (including phenoxy) is 2. The summed E-state index contributed by atoms with van der Waals surface area (Å²) < 4.78 is 64.3. The van der Waals surface area contributed by atoms with E-state index in [-0.39, 0.29) is 28.8 Å². The quantitative estimate of drug-likeness (QED) is 0.554. The molecule has 1 heterocycles. The van der Waals surface area contributed by atoms with E-state index in [1.165, 1.54) is 55.9 Å². The van der Waals surface area contributed by atoms with Gasteiger partial charge < -0.3 is 14.8 Å². The molecule has 1 fully saturated rings. The van der Waals surface area contributed by atoms with Gasteiger partial charge in [0.05, 0.1) is 24.0 Å². The number of benzene rings is 2. The Balaban J connectivity index is 1.69. The number of rotatable bonds is 8. The van der Waals surface area contributed by atoms with Crippen molar-refractivity contribution >= 4 is 31.6 Å². The molecule has 2 aromatic carbocycles. The number of aryl methyl sites for hydroxylation is 1. The summed E-state index contributed by atoms with van der Waals surface area (Å²) in [5.41, 5.74) is 1.12. The highest BCUT2D eigenvalue weighted by Gasteiger charge is 2.33. The summed E-state index contributed by atoms with van der Waals surface area (Å²) in [5.74, 6) is 0.0699. The first-order chi connectivity index (χ1) is 16.0. The Morgan fingerprint density at radius 2 is 1.56 bits per heavy atom. The van der Waals surface area contributed by atoms with Gasteiger partial charge in [0.1, 0.15) is 0 Å². The molecule has 0 unspecified atom stereocenters. The number of methoxy groups -OCH3 is 2. The maximum atomic E-state index is 13.1. The molecule has 34 heavy (non-hydrogen) atoms. The van der Waals surface area contributed by atoms with E-state index in [0.717, 1.165) is 5.56 Å². The number of amides is 1. The number of carbonyl (C=O) groups is 1. The van der Waals surface area contributed by atoms with Crippen LogP contribution in [-0.4, -0.2) is 61.4 Å². The highest BCUT2D eigenvalue weighted by atomic mass is 32.2. The Labute approximate surface area is 200 Å². The predicted octanol–water partition coefficient (Wildman–Crippen LogP) is 1.96. The predicted molar refractivity (Wildman–Crippen MR) is 127 cm³/mol. The van der Waals surface area contributed by atoms with E-state index in [0.29, 0.717) is 30.0 Å². The van der Waals surface area contributed by atoms with E-state index in [1.807, 2.05) is 0 Å².